The van der Waals surface area contributed by atoms with E-state index in [9.17, 15) is 13.2 Å². The van der Waals surface area contributed by atoms with Crippen LogP contribution in [0.3, 0.4) is 0 Å². The number of benzene rings is 1. The Morgan fingerprint density at radius 2 is 1.82 bits per heavy atom. The number of hydrogen-bond acceptors (Lipinski definition) is 8. The number of anilines is 2. The van der Waals surface area contributed by atoms with E-state index >= 15 is 0 Å². The molecular formula is C22H27N5O3S3. The van der Waals surface area contributed by atoms with Gasteiger partial charge in [0.05, 0.1) is 10.6 Å². The van der Waals surface area contributed by atoms with Gasteiger partial charge in [-0.3, -0.25) is 4.79 Å². The standard InChI is InChI=1S/C22H27N5O3S3/c1-4-5-6-12-27(22-23-11-13-31-22)33(29,30)19-9-7-18(8-10-19)26-20(28)15-32-21-24-16(2)14-17(3)25-21/h7-11,13-14H,4-6,12,15H2,1-3H3,(H,26,28). The lowest BCUT2D eigenvalue weighted by molar-refractivity contribution is -0.113. The molecule has 0 unspecified atom stereocenters. The molecule has 8 nitrogen and oxygen atoms in total. The fraction of sp³-hybridized carbons (Fsp3) is 0.364. The predicted molar refractivity (Wildman–Crippen MR) is 133 cm³/mol. The van der Waals surface area contributed by atoms with Crippen molar-refractivity contribution in [3.05, 3.63) is 53.3 Å². The summed E-state index contributed by atoms with van der Waals surface area (Å²) in [6, 6.07) is 8.07. The zero-order chi connectivity index (χ0) is 23.8. The topological polar surface area (TPSA) is 105 Å². The lowest BCUT2D eigenvalue weighted by atomic mass is 10.2. The summed E-state index contributed by atoms with van der Waals surface area (Å²) in [4.78, 5) is 25.3. The van der Waals surface area contributed by atoms with Crippen LogP contribution in [0.15, 0.2) is 52.0 Å². The molecule has 3 aromatic rings. The highest BCUT2D eigenvalue weighted by molar-refractivity contribution is 7.99. The van der Waals surface area contributed by atoms with E-state index in [4.69, 9.17) is 0 Å². The number of rotatable bonds is 11. The van der Waals surface area contributed by atoms with Crippen LogP contribution in [0.4, 0.5) is 10.8 Å². The van der Waals surface area contributed by atoms with E-state index in [1.807, 2.05) is 19.9 Å². The third-order valence-electron chi connectivity index (χ3n) is 4.62. The Bertz CT molecular complexity index is 1150. The second-order valence-corrected chi connectivity index (χ2v) is 11.1. The number of unbranched alkanes of at least 4 members (excludes halogenated alkanes) is 2. The molecule has 2 aromatic heterocycles. The van der Waals surface area contributed by atoms with Gasteiger partial charge in [-0.25, -0.2) is 27.7 Å². The van der Waals surface area contributed by atoms with Crippen LogP contribution in [0.1, 0.15) is 37.6 Å². The lowest BCUT2D eigenvalue weighted by Crippen LogP contribution is -2.32. The molecule has 2 heterocycles. The molecule has 1 aromatic carbocycles. The first kappa shape index (κ1) is 25.1. The monoisotopic (exact) mass is 505 g/mol. The molecule has 1 amide bonds. The van der Waals surface area contributed by atoms with Crippen molar-refractivity contribution in [1.29, 1.82) is 0 Å². The number of carbonyl (C=O) groups excluding carboxylic acids is 1. The number of amides is 1. The molecule has 0 fully saturated rings. The van der Waals surface area contributed by atoms with Crippen molar-refractivity contribution in [3.8, 4) is 0 Å². The van der Waals surface area contributed by atoms with E-state index in [0.717, 1.165) is 30.7 Å². The molecular weight excluding hydrogens is 478 g/mol. The van der Waals surface area contributed by atoms with Crippen molar-refractivity contribution in [2.24, 2.45) is 0 Å². The fourth-order valence-electron chi connectivity index (χ4n) is 3.09. The molecule has 0 aliphatic heterocycles. The van der Waals surface area contributed by atoms with Gasteiger partial charge in [-0.2, -0.15) is 0 Å². The van der Waals surface area contributed by atoms with Crippen LogP contribution < -0.4 is 9.62 Å². The molecule has 0 bridgehead atoms. The van der Waals surface area contributed by atoms with Crippen molar-refractivity contribution in [2.45, 2.75) is 50.1 Å². The minimum atomic E-state index is -3.76. The third-order valence-corrected chi connectivity index (χ3v) is 8.18. The van der Waals surface area contributed by atoms with Crippen molar-refractivity contribution >= 4 is 49.8 Å². The summed E-state index contributed by atoms with van der Waals surface area (Å²) in [6.45, 7) is 6.21. The number of sulfonamides is 1. The SMILES string of the molecule is CCCCCN(c1nccs1)S(=O)(=O)c1ccc(NC(=O)CSc2nc(C)cc(C)n2)cc1. The quantitative estimate of drug-likeness (QED) is 0.229. The number of aromatic nitrogens is 3. The van der Waals surface area contributed by atoms with Gasteiger partial charge in [-0.15, -0.1) is 11.3 Å². The van der Waals surface area contributed by atoms with Crippen molar-refractivity contribution in [1.82, 2.24) is 15.0 Å². The molecule has 0 spiro atoms. The molecule has 3 rings (SSSR count). The molecule has 11 heteroatoms. The zero-order valence-corrected chi connectivity index (χ0v) is 21.3. The maximum atomic E-state index is 13.3. The van der Waals surface area contributed by atoms with Crippen LogP contribution in [0.5, 0.6) is 0 Å². The molecule has 1 N–H and O–H groups in total. The summed E-state index contributed by atoms with van der Waals surface area (Å²) in [7, 11) is -3.76. The zero-order valence-electron chi connectivity index (χ0n) is 18.8. The number of carbonyl (C=O) groups is 1. The Morgan fingerprint density at radius 1 is 1.12 bits per heavy atom. The average Bonchev–Trinajstić information content (AvgIpc) is 3.29. The average molecular weight is 506 g/mol. The first-order chi connectivity index (χ1) is 15.8. The Morgan fingerprint density at radius 3 is 2.42 bits per heavy atom. The van der Waals surface area contributed by atoms with Crippen LogP contribution >= 0.6 is 23.1 Å². The molecule has 0 saturated carbocycles. The van der Waals surface area contributed by atoms with Crippen molar-refractivity contribution in [2.75, 3.05) is 21.9 Å². The van der Waals surface area contributed by atoms with Crippen molar-refractivity contribution < 1.29 is 13.2 Å². The van der Waals surface area contributed by atoms with Gasteiger partial charge >= 0.3 is 0 Å². The number of thioether (sulfide) groups is 1. The van der Waals surface area contributed by atoms with Gasteiger partial charge in [-0.1, -0.05) is 31.5 Å². The van der Waals surface area contributed by atoms with E-state index in [1.54, 1.807) is 23.7 Å². The summed E-state index contributed by atoms with van der Waals surface area (Å²) in [5, 5.41) is 5.55. The number of nitrogens with zero attached hydrogens (tertiary/aromatic N) is 4. The Labute approximate surface area is 202 Å². The molecule has 33 heavy (non-hydrogen) atoms. The highest BCUT2D eigenvalue weighted by atomic mass is 32.2. The van der Waals surface area contributed by atoms with Gasteiger partial charge < -0.3 is 5.32 Å². The molecule has 0 saturated heterocycles. The van der Waals surface area contributed by atoms with E-state index in [2.05, 4.69) is 27.2 Å². The number of nitrogens with one attached hydrogen (secondary N) is 1. The molecule has 0 aliphatic rings. The van der Waals surface area contributed by atoms with Crippen LogP contribution in [-0.2, 0) is 14.8 Å². The number of thiazole rings is 1. The van der Waals surface area contributed by atoms with Gasteiger partial charge in [0, 0.05) is 35.2 Å². The predicted octanol–water partition coefficient (Wildman–Crippen LogP) is 4.67. The van der Waals surface area contributed by atoms with Gasteiger partial charge in [-0.05, 0) is 50.6 Å². The van der Waals surface area contributed by atoms with Crippen LogP contribution in [0, 0.1) is 13.8 Å². The second kappa shape index (κ2) is 11.6. The fourth-order valence-corrected chi connectivity index (χ4v) is 6.19. The number of aryl methyl sites for hydroxylation is 2. The largest absolute Gasteiger partial charge is 0.325 e. The van der Waals surface area contributed by atoms with E-state index in [-0.39, 0.29) is 16.6 Å². The molecule has 0 radical (unpaired) electrons. The maximum absolute atomic E-state index is 13.3. The second-order valence-electron chi connectivity index (χ2n) is 7.39. The highest BCUT2D eigenvalue weighted by Crippen LogP contribution is 2.27. The molecule has 0 aliphatic carbocycles. The van der Waals surface area contributed by atoms with Crippen molar-refractivity contribution in [3.63, 3.8) is 0 Å². The minimum Gasteiger partial charge on any atom is -0.325 e. The summed E-state index contributed by atoms with van der Waals surface area (Å²) in [6.07, 6.45) is 4.29. The van der Waals surface area contributed by atoms with E-state index in [1.165, 1.54) is 39.5 Å². The van der Waals surface area contributed by atoms with Crippen LogP contribution in [0.2, 0.25) is 0 Å². The van der Waals surface area contributed by atoms with E-state index in [0.29, 0.717) is 22.5 Å². The number of hydrogen-bond donors (Lipinski definition) is 1. The van der Waals surface area contributed by atoms with Gasteiger partial charge in [0.2, 0.25) is 5.91 Å². The van der Waals surface area contributed by atoms with Crippen LogP contribution in [0.25, 0.3) is 0 Å². The minimum absolute atomic E-state index is 0.151. The summed E-state index contributed by atoms with van der Waals surface area (Å²) >= 11 is 2.55. The summed E-state index contributed by atoms with van der Waals surface area (Å²) < 4.78 is 27.9. The van der Waals surface area contributed by atoms with Crippen LogP contribution in [-0.4, -0.2) is 41.6 Å². The Balaban J connectivity index is 1.65. The lowest BCUT2D eigenvalue weighted by Gasteiger charge is -2.21. The molecule has 0 atom stereocenters. The Kier molecular flexibility index (Phi) is 8.81. The van der Waals surface area contributed by atoms with E-state index < -0.39 is 10.0 Å². The van der Waals surface area contributed by atoms with Gasteiger partial charge in [0.1, 0.15) is 0 Å². The maximum Gasteiger partial charge on any atom is 0.266 e. The third kappa shape index (κ3) is 6.99. The Hall–Kier alpha value is -2.50. The summed E-state index contributed by atoms with van der Waals surface area (Å²) in [5.41, 5.74) is 2.22. The first-order valence-electron chi connectivity index (χ1n) is 10.6. The molecule has 176 valence electrons. The smallest absolute Gasteiger partial charge is 0.266 e. The summed E-state index contributed by atoms with van der Waals surface area (Å²) in [5.74, 6) is -0.0691. The first-order valence-corrected chi connectivity index (χ1v) is 13.9. The normalized spacial score (nSPS) is 11.4. The highest BCUT2D eigenvalue weighted by Gasteiger charge is 2.26. The van der Waals surface area contributed by atoms with Gasteiger partial charge in [0.15, 0.2) is 10.3 Å². The van der Waals surface area contributed by atoms with Gasteiger partial charge in [0.25, 0.3) is 10.0 Å².